The second-order valence-electron chi connectivity index (χ2n) is 5.82. The van der Waals surface area contributed by atoms with Gasteiger partial charge in [-0.2, -0.15) is 0 Å². The van der Waals surface area contributed by atoms with Crippen molar-refractivity contribution in [3.8, 4) is 0 Å². The molecule has 0 bridgehead atoms. The number of nitrogens with zero attached hydrogens (tertiary/aromatic N) is 1. The van der Waals surface area contributed by atoms with E-state index in [2.05, 4.69) is 4.90 Å². The summed E-state index contributed by atoms with van der Waals surface area (Å²) in [5.74, 6) is 0. The Bertz CT molecular complexity index is 273. The monoisotopic (exact) mass is 349 g/mol. The topological polar surface area (TPSA) is 60.4 Å². The van der Waals surface area contributed by atoms with E-state index >= 15 is 0 Å². The fourth-order valence-corrected chi connectivity index (χ4v) is 5.51. The Morgan fingerprint density at radius 2 is 1.57 bits per heavy atom. The Morgan fingerprint density at radius 3 is 2.09 bits per heavy atom. The van der Waals surface area contributed by atoms with Gasteiger partial charge in [-0.3, -0.25) is 0 Å². The number of rotatable bonds is 14. The summed E-state index contributed by atoms with van der Waals surface area (Å²) in [5, 5.41) is 9.99. The Kier molecular flexibility index (Phi) is 11.3. The maximum Gasteiger partial charge on any atom is 0.501 e. The lowest BCUT2D eigenvalue weighted by Crippen LogP contribution is -2.46. The van der Waals surface area contributed by atoms with Gasteiger partial charge in [0, 0.05) is 39.0 Å². The zero-order valence-electron chi connectivity index (χ0n) is 15.1. The molecule has 138 valence electrons. The van der Waals surface area contributed by atoms with E-state index in [1.165, 1.54) is 12.8 Å². The smallest absolute Gasteiger partial charge is 0.389 e. The summed E-state index contributed by atoms with van der Waals surface area (Å²) in [6.07, 6.45) is 2.91. The third-order valence-electron chi connectivity index (χ3n) is 3.84. The van der Waals surface area contributed by atoms with E-state index in [0.29, 0.717) is 33.0 Å². The summed E-state index contributed by atoms with van der Waals surface area (Å²) in [7, 11) is -2.55. The lowest BCUT2D eigenvalue weighted by atomic mass is 10.3. The van der Waals surface area contributed by atoms with Crippen molar-refractivity contribution in [3.63, 3.8) is 0 Å². The second-order valence-corrected chi connectivity index (χ2v) is 8.55. The van der Waals surface area contributed by atoms with Crippen molar-refractivity contribution in [2.45, 2.75) is 52.2 Å². The van der Waals surface area contributed by atoms with Crippen LogP contribution >= 0.6 is 0 Å². The van der Waals surface area contributed by atoms with Crippen LogP contribution in [0.1, 0.15) is 40.0 Å². The van der Waals surface area contributed by atoms with Crippen LogP contribution in [0.25, 0.3) is 0 Å². The molecule has 1 fully saturated rings. The number of aliphatic hydroxyl groups excluding tert-OH is 1. The molecule has 0 saturated carbocycles. The molecule has 0 aliphatic carbocycles. The summed E-state index contributed by atoms with van der Waals surface area (Å²) in [5.41, 5.74) is 0. The van der Waals surface area contributed by atoms with Crippen LogP contribution in [0.5, 0.6) is 0 Å². The van der Waals surface area contributed by atoms with Crippen LogP contribution < -0.4 is 0 Å². The highest BCUT2D eigenvalue weighted by Crippen LogP contribution is 2.18. The van der Waals surface area contributed by atoms with Gasteiger partial charge in [-0.05, 0) is 53.1 Å². The summed E-state index contributed by atoms with van der Waals surface area (Å²) in [6, 6.07) is 0.755. The van der Waals surface area contributed by atoms with Crippen LogP contribution in [0.3, 0.4) is 0 Å². The van der Waals surface area contributed by atoms with Crippen molar-refractivity contribution in [2.24, 2.45) is 0 Å². The molecule has 1 heterocycles. The van der Waals surface area contributed by atoms with Crippen molar-refractivity contribution in [1.29, 1.82) is 0 Å². The van der Waals surface area contributed by atoms with Crippen LogP contribution in [0.15, 0.2) is 0 Å². The minimum absolute atomic E-state index is 0.392. The van der Waals surface area contributed by atoms with Gasteiger partial charge in [-0.25, -0.2) is 0 Å². The van der Waals surface area contributed by atoms with E-state index in [4.69, 9.17) is 18.0 Å². The molecule has 0 spiro atoms. The van der Waals surface area contributed by atoms with E-state index < -0.39 is 14.9 Å². The predicted molar refractivity (Wildman–Crippen MR) is 92.6 cm³/mol. The van der Waals surface area contributed by atoms with Crippen molar-refractivity contribution in [3.05, 3.63) is 0 Å². The van der Waals surface area contributed by atoms with Crippen LogP contribution in [0.4, 0.5) is 0 Å². The van der Waals surface area contributed by atoms with Crippen molar-refractivity contribution in [2.75, 3.05) is 52.7 Å². The summed E-state index contributed by atoms with van der Waals surface area (Å²) in [4.78, 5) is 2.30. The van der Waals surface area contributed by atoms with E-state index in [9.17, 15) is 5.11 Å². The molecule has 1 atom stereocenters. The molecule has 0 amide bonds. The first-order chi connectivity index (χ1) is 11.2. The summed E-state index contributed by atoms with van der Waals surface area (Å²) in [6.45, 7) is 11.6. The molecular weight excluding hydrogens is 314 g/mol. The van der Waals surface area contributed by atoms with Gasteiger partial charge >= 0.3 is 8.80 Å². The SMILES string of the molecule is CCO[Si](CCCOCC(O)CN1CCCC1)(OCC)OCC. The van der Waals surface area contributed by atoms with Crippen LogP contribution in [-0.2, 0) is 18.0 Å². The number of hydrogen-bond donors (Lipinski definition) is 1. The minimum Gasteiger partial charge on any atom is -0.389 e. The quantitative estimate of drug-likeness (QED) is 0.382. The Balaban J connectivity index is 2.19. The average molecular weight is 350 g/mol. The van der Waals surface area contributed by atoms with Crippen molar-refractivity contribution in [1.82, 2.24) is 4.90 Å². The normalized spacial score (nSPS) is 17.7. The van der Waals surface area contributed by atoms with E-state index in [1.807, 2.05) is 20.8 Å². The maximum absolute atomic E-state index is 9.99. The Labute approximate surface area is 142 Å². The molecule has 1 saturated heterocycles. The molecule has 1 aliphatic heterocycles. The van der Waals surface area contributed by atoms with Crippen molar-refractivity contribution < 1.29 is 23.1 Å². The third kappa shape index (κ3) is 8.58. The fourth-order valence-electron chi connectivity index (χ4n) is 2.93. The molecule has 1 rings (SSSR count). The molecule has 23 heavy (non-hydrogen) atoms. The van der Waals surface area contributed by atoms with Gasteiger partial charge in [-0.1, -0.05) is 0 Å². The molecule has 0 aromatic rings. The van der Waals surface area contributed by atoms with Crippen LogP contribution in [-0.4, -0.2) is 77.6 Å². The van der Waals surface area contributed by atoms with E-state index in [1.54, 1.807) is 0 Å². The molecule has 1 aliphatic rings. The number of ether oxygens (including phenoxy) is 1. The molecule has 6 nitrogen and oxygen atoms in total. The highest BCUT2D eigenvalue weighted by Gasteiger charge is 2.39. The summed E-state index contributed by atoms with van der Waals surface area (Å²) >= 11 is 0. The van der Waals surface area contributed by atoms with E-state index in [-0.39, 0.29) is 0 Å². The molecule has 1 unspecified atom stereocenters. The number of likely N-dealkylation sites (tertiary alicyclic amines) is 1. The zero-order chi connectivity index (χ0) is 17.0. The molecule has 1 N–H and O–H groups in total. The highest BCUT2D eigenvalue weighted by atomic mass is 28.4. The lowest BCUT2D eigenvalue weighted by molar-refractivity contribution is 0.0180. The molecule has 0 aromatic carbocycles. The first kappa shape index (κ1) is 21.0. The van der Waals surface area contributed by atoms with Gasteiger partial charge in [0.1, 0.15) is 0 Å². The van der Waals surface area contributed by atoms with Gasteiger partial charge in [0.05, 0.1) is 12.7 Å². The Hall–Kier alpha value is -0.0231. The van der Waals surface area contributed by atoms with Gasteiger partial charge in [-0.15, -0.1) is 0 Å². The first-order valence-electron chi connectivity index (χ1n) is 9.05. The lowest BCUT2D eigenvalue weighted by Gasteiger charge is -2.28. The highest BCUT2D eigenvalue weighted by molar-refractivity contribution is 6.60. The molecule has 0 aromatic heterocycles. The zero-order valence-corrected chi connectivity index (χ0v) is 16.1. The van der Waals surface area contributed by atoms with Crippen molar-refractivity contribution >= 4 is 8.80 Å². The maximum atomic E-state index is 9.99. The number of β-amino-alcohol motifs (C(OH)–C–C–N with tert-alkyl or cyclic N) is 1. The van der Waals surface area contributed by atoms with Gasteiger partial charge in [0.15, 0.2) is 0 Å². The predicted octanol–water partition coefficient (Wildman–Crippen LogP) is 1.90. The minimum atomic E-state index is -2.55. The van der Waals surface area contributed by atoms with Crippen LogP contribution in [0.2, 0.25) is 6.04 Å². The molecule has 7 heteroatoms. The largest absolute Gasteiger partial charge is 0.501 e. The molecular formula is C16H35NO5Si. The first-order valence-corrected chi connectivity index (χ1v) is 11.0. The standard InChI is InChI=1S/C16H35NO5Si/c1-4-20-23(21-5-2,22-6-3)13-9-12-19-15-16(18)14-17-10-7-8-11-17/h16,18H,4-15H2,1-3H3. The van der Waals surface area contributed by atoms with Gasteiger partial charge in [0.2, 0.25) is 0 Å². The Morgan fingerprint density at radius 1 is 1.00 bits per heavy atom. The third-order valence-corrected chi connectivity index (χ3v) is 6.99. The van der Waals surface area contributed by atoms with Gasteiger partial charge < -0.3 is 28.0 Å². The fraction of sp³-hybridized carbons (Fsp3) is 1.00. The van der Waals surface area contributed by atoms with E-state index in [0.717, 1.165) is 32.1 Å². The molecule has 0 radical (unpaired) electrons. The number of hydrogen-bond acceptors (Lipinski definition) is 6. The summed E-state index contributed by atoms with van der Waals surface area (Å²) < 4.78 is 23.0. The second kappa shape index (κ2) is 12.4. The van der Waals surface area contributed by atoms with Crippen LogP contribution in [0, 0.1) is 0 Å². The number of aliphatic hydroxyl groups is 1. The average Bonchev–Trinajstić information content (AvgIpc) is 3.00. The van der Waals surface area contributed by atoms with Gasteiger partial charge in [0.25, 0.3) is 0 Å².